The fourth-order valence-corrected chi connectivity index (χ4v) is 2.31. The molecule has 4 nitrogen and oxygen atoms in total. The van der Waals surface area contributed by atoms with Crippen molar-refractivity contribution in [3.05, 3.63) is 71.6 Å². The van der Waals surface area contributed by atoms with Crippen molar-refractivity contribution in [1.29, 1.82) is 0 Å². The summed E-state index contributed by atoms with van der Waals surface area (Å²) in [4.78, 5) is 2.15. The predicted octanol–water partition coefficient (Wildman–Crippen LogP) is 4.10. The van der Waals surface area contributed by atoms with Gasteiger partial charge in [0.05, 0.1) is 6.54 Å². The second-order valence-corrected chi connectivity index (χ2v) is 5.52. The minimum atomic E-state index is 0. The molecule has 0 bridgehead atoms. The standard InChI is InChI=1S/C18H19N3O.ClH/c1-14-8-10-16(11-9-14)18-20-19-17(22-18)13-21(2)12-15-6-4-3-5-7-15;/h3-11H,12-13H2,1-2H3;1H. The molecule has 0 aliphatic rings. The molecule has 3 aromatic rings. The zero-order chi connectivity index (χ0) is 15.4. The molecule has 23 heavy (non-hydrogen) atoms. The zero-order valence-electron chi connectivity index (χ0n) is 13.3. The molecular formula is C18H20ClN3O. The van der Waals surface area contributed by atoms with Gasteiger partial charge in [-0.1, -0.05) is 48.0 Å². The molecule has 0 saturated carbocycles. The van der Waals surface area contributed by atoms with E-state index in [1.54, 1.807) is 0 Å². The Morgan fingerprint density at radius 3 is 2.30 bits per heavy atom. The van der Waals surface area contributed by atoms with E-state index in [9.17, 15) is 0 Å². The highest BCUT2D eigenvalue weighted by Crippen LogP contribution is 2.19. The number of benzene rings is 2. The highest BCUT2D eigenvalue weighted by atomic mass is 35.5. The number of hydrogen-bond acceptors (Lipinski definition) is 4. The maximum absolute atomic E-state index is 5.75. The van der Waals surface area contributed by atoms with Crippen molar-refractivity contribution in [2.45, 2.75) is 20.0 Å². The van der Waals surface area contributed by atoms with Gasteiger partial charge in [-0.05, 0) is 31.7 Å². The third kappa shape index (κ3) is 4.65. The third-order valence-electron chi connectivity index (χ3n) is 3.47. The molecule has 0 atom stereocenters. The van der Waals surface area contributed by atoms with Crippen molar-refractivity contribution >= 4 is 12.4 Å². The lowest BCUT2D eigenvalue weighted by atomic mass is 10.1. The van der Waals surface area contributed by atoms with Crippen molar-refractivity contribution in [3.8, 4) is 11.5 Å². The lowest BCUT2D eigenvalue weighted by molar-refractivity contribution is 0.283. The van der Waals surface area contributed by atoms with E-state index in [2.05, 4.69) is 34.2 Å². The number of aryl methyl sites for hydroxylation is 1. The Balaban J connectivity index is 0.00000192. The van der Waals surface area contributed by atoms with Crippen molar-refractivity contribution in [2.24, 2.45) is 0 Å². The first kappa shape index (κ1) is 17.2. The molecule has 3 rings (SSSR count). The molecule has 0 amide bonds. The first-order chi connectivity index (χ1) is 10.7. The largest absolute Gasteiger partial charge is 0.419 e. The summed E-state index contributed by atoms with van der Waals surface area (Å²) in [5, 5.41) is 8.27. The maximum atomic E-state index is 5.75. The van der Waals surface area contributed by atoms with Gasteiger partial charge >= 0.3 is 0 Å². The van der Waals surface area contributed by atoms with Crippen LogP contribution in [0.15, 0.2) is 59.0 Å². The Kier molecular flexibility index (Phi) is 5.90. The first-order valence-corrected chi connectivity index (χ1v) is 7.32. The average Bonchev–Trinajstić information content (AvgIpc) is 2.97. The predicted molar refractivity (Wildman–Crippen MR) is 93.3 cm³/mol. The molecule has 1 heterocycles. The Hall–Kier alpha value is -2.17. The van der Waals surface area contributed by atoms with Crippen LogP contribution in [0.25, 0.3) is 11.5 Å². The van der Waals surface area contributed by atoms with E-state index in [0.717, 1.165) is 12.1 Å². The molecule has 2 aromatic carbocycles. The van der Waals surface area contributed by atoms with Crippen molar-refractivity contribution in [2.75, 3.05) is 7.05 Å². The summed E-state index contributed by atoms with van der Waals surface area (Å²) in [6.07, 6.45) is 0. The third-order valence-corrected chi connectivity index (χ3v) is 3.47. The van der Waals surface area contributed by atoms with Gasteiger partial charge in [0, 0.05) is 12.1 Å². The van der Waals surface area contributed by atoms with Gasteiger partial charge in [0.1, 0.15) is 0 Å². The molecular weight excluding hydrogens is 310 g/mol. The SMILES string of the molecule is Cc1ccc(-c2nnc(CN(C)Cc3ccccc3)o2)cc1.Cl. The van der Waals surface area contributed by atoms with Crippen LogP contribution in [-0.4, -0.2) is 22.1 Å². The number of halogens is 1. The van der Waals surface area contributed by atoms with E-state index in [1.165, 1.54) is 11.1 Å². The van der Waals surface area contributed by atoms with Gasteiger partial charge in [0.25, 0.3) is 0 Å². The topological polar surface area (TPSA) is 42.2 Å². The number of aromatic nitrogens is 2. The number of rotatable bonds is 5. The molecule has 120 valence electrons. The number of hydrogen-bond donors (Lipinski definition) is 0. The quantitative estimate of drug-likeness (QED) is 0.706. The number of nitrogens with zero attached hydrogens (tertiary/aromatic N) is 3. The second kappa shape index (κ2) is 7.90. The van der Waals surface area contributed by atoms with Crippen LogP contribution < -0.4 is 0 Å². The van der Waals surface area contributed by atoms with Gasteiger partial charge in [-0.2, -0.15) is 0 Å². The lowest BCUT2D eigenvalue weighted by Crippen LogP contribution is -2.17. The molecule has 0 radical (unpaired) electrons. The maximum Gasteiger partial charge on any atom is 0.247 e. The van der Waals surface area contributed by atoms with E-state index >= 15 is 0 Å². The lowest BCUT2D eigenvalue weighted by Gasteiger charge is -2.13. The highest BCUT2D eigenvalue weighted by molar-refractivity contribution is 5.85. The van der Waals surface area contributed by atoms with Crippen LogP contribution >= 0.6 is 12.4 Å². The summed E-state index contributed by atoms with van der Waals surface area (Å²) < 4.78 is 5.75. The molecule has 0 spiro atoms. The molecule has 0 unspecified atom stereocenters. The van der Waals surface area contributed by atoms with Crippen LogP contribution in [0.3, 0.4) is 0 Å². The van der Waals surface area contributed by atoms with Crippen molar-refractivity contribution < 1.29 is 4.42 Å². The Bertz CT molecular complexity index is 726. The summed E-state index contributed by atoms with van der Waals surface area (Å²) in [6, 6.07) is 18.4. The van der Waals surface area contributed by atoms with Crippen LogP contribution in [0, 0.1) is 6.92 Å². The Labute approximate surface area is 142 Å². The van der Waals surface area contributed by atoms with Gasteiger partial charge in [0.2, 0.25) is 11.8 Å². The molecule has 1 aromatic heterocycles. The van der Waals surface area contributed by atoms with Gasteiger partial charge < -0.3 is 4.42 Å². The molecule has 5 heteroatoms. The van der Waals surface area contributed by atoms with Crippen molar-refractivity contribution in [1.82, 2.24) is 15.1 Å². The average molecular weight is 330 g/mol. The van der Waals surface area contributed by atoms with E-state index in [0.29, 0.717) is 18.3 Å². The Morgan fingerprint density at radius 2 is 1.61 bits per heavy atom. The van der Waals surface area contributed by atoms with Gasteiger partial charge in [0.15, 0.2) is 0 Å². The highest BCUT2D eigenvalue weighted by Gasteiger charge is 2.10. The molecule has 0 aliphatic heterocycles. The summed E-state index contributed by atoms with van der Waals surface area (Å²) >= 11 is 0. The Morgan fingerprint density at radius 1 is 0.913 bits per heavy atom. The van der Waals surface area contributed by atoms with Gasteiger partial charge in [-0.15, -0.1) is 22.6 Å². The van der Waals surface area contributed by atoms with E-state index in [4.69, 9.17) is 4.42 Å². The van der Waals surface area contributed by atoms with Crippen LogP contribution in [-0.2, 0) is 13.1 Å². The monoisotopic (exact) mass is 329 g/mol. The summed E-state index contributed by atoms with van der Waals surface area (Å²) in [5.41, 5.74) is 3.43. The molecule has 0 saturated heterocycles. The van der Waals surface area contributed by atoms with E-state index in [-0.39, 0.29) is 12.4 Å². The first-order valence-electron chi connectivity index (χ1n) is 7.32. The molecule has 0 aliphatic carbocycles. The minimum absolute atomic E-state index is 0. The van der Waals surface area contributed by atoms with E-state index < -0.39 is 0 Å². The molecule has 0 N–H and O–H groups in total. The van der Waals surface area contributed by atoms with Crippen LogP contribution in [0.2, 0.25) is 0 Å². The second-order valence-electron chi connectivity index (χ2n) is 5.52. The fraction of sp³-hybridized carbons (Fsp3) is 0.222. The van der Waals surface area contributed by atoms with Gasteiger partial charge in [-0.3, -0.25) is 4.90 Å². The fourth-order valence-electron chi connectivity index (χ4n) is 2.31. The van der Waals surface area contributed by atoms with Crippen molar-refractivity contribution in [3.63, 3.8) is 0 Å². The zero-order valence-corrected chi connectivity index (χ0v) is 14.1. The molecule has 0 fully saturated rings. The summed E-state index contributed by atoms with van der Waals surface area (Å²) in [5.74, 6) is 1.21. The van der Waals surface area contributed by atoms with E-state index in [1.807, 2.05) is 49.5 Å². The van der Waals surface area contributed by atoms with Gasteiger partial charge in [-0.25, -0.2) is 0 Å². The summed E-state index contributed by atoms with van der Waals surface area (Å²) in [6.45, 7) is 3.54. The normalized spacial score (nSPS) is 10.6. The smallest absolute Gasteiger partial charge is 0.247 e. The van der Waals surface area contributed by atoms with Crippen LogP contribution in [0.5, 0.6) is 0 Å². The van der Waals surface area contributed by atoms with Crippen LogP contribution in [0.4, 0.5) is 0 Å². The minimum Gasteiger partial charge on any atom is -0.419 e. The summed E-state index contributed by atoms with van der Waals surface area (Å²) in [7, 11) is 2.04. The van der Waals surface area contributed by atoms with Crippen LogP contribution in [0.1, 0.15) is 17.0 Å².